The lowest BCUT2D eigenvalue weighted by Gasteiger charge is -2.04. The van der Waals surface area contributed by atoms with Crippen LogP contribution >= 0.6 is 11.8 Å². The number of rotatable bonds is 3. The van der Waals surface area contributed by atoms with Crippen molar-refractivity contribution in [2.75, 3.05) is 14.1 Å². The van der Waals surface area contributed by atoms with Crippen molar-refractivity contribution in [3.05, 3.63) is 56.7 Å². The molecular formula is C17H15N3O4S. The van der Waals surface area contributed by atoms with Gasteiger partial charge in [-0.25, -0.2) is 0 Å². The summed E-state index contributed by atoms with van der Waals surface area (Å²) in [6.45, 7) is 1.69. The number of amidine groups is 1. The summed E-state index contributed by atoms with van der Waals surface area (Å²) in [5, 5.41) is 11.7. The van der Waals surface area contributed by atoms with Gasteiger partial charge in [-0.1, -0.05) is 12.1 Å². The number of aliphatic imine (C=N–C) groups is 1. The molecule has 7 nitrogen and oxygen atoms in total. The second kappa shape index (κ2) is 6.56. The van der Waals surface area contributed by atoms with Crippen molar-refractivity contribution < 1.29 is 14.1 Å². The van der Waals surface area contributed by atoms with Gasteiger partial charge < -0.3 is 4.42 Å². The van der Waals surface area contributed by atoms with Gasteiger partial charge in [0.05, 0.1) is 9.83 Å². The Bertz CT molecular complexity index is 930. The molecule has 1 aliphatic rings. The Morgan fingerprint density at radius 1 is 1.32 bits per heavy atom. The minimum Gasteiger partial charge on any atom is -0.457 e. The lowest BCUT2D eigenvalue weighted by Crippen LogP contribution is -2.23. The molecule has 128 valence electrons. The summed E-state index contributed by atoms with van der Waals surface area (Å²) in [4.78, 5) is 28.8. The molecule has 1 fully saturated rings. The Morgan fingerprint density at radius 3 is 2.72 bits per heavy atom. The fourth-order valence-electron chi connectivity index (χ4n) is 2.42. The van der Waals surface area contributed by atoms with Crippen molar-refractivity contribution in [2.45, 2.75) is 6.92 Å². The first-order valence-corrected chi connectivity index (χ1v) is 8.22. The summed E-state index contributed by atoms with van der Waals surface area (Å²) in [5.41, 5.74) is 1.24. The summed E-state index contributed by atoms with van der Waals surface area (Å²) >= 11 is 1.27. The molecule has 25 heavy (non-hydrogen) atoms. The molecule has 0 radical (unpaired) electrons. The summed E-state index contributed by atoms with van der Waals surface area (Å²) < 4.78 is 5.74. The minimum absolute atomic E-state index is 0.0424. The van der Waals surface area contributed by atoms with Crippen molar-refractivity contribution in [3.8, 4) is 11.3 Å². The SMILES string of the molecule is CN=C1S/C(=C/c2ccc(-c3ccc(C)c([N+](=O)[O-])c3)o2)C(=O)N1C. The second-order valence-corrected chi connectivity index (χ2v) is 6.45. The number of furan rings is 1. The zero-order valence-electron chi connectivity index (χ0n) is 13.8. The predicted molar refractivity (Wildman–Crippen MR) is 97.2 cm³/mol. The van der Waals surface area contributed by atoms with Gasteiger partial charge in [-0.2, -0.15) is 0 Å². The molecular weight excluding hydrogens is 342 g/mol. The number of likely N-dealkylation sites (N-methyl/N-ethyl adjacent to an activating group) is 1. The lowest BCUT2D eigenvalue weighted by molar-refractivity contribution is -0.385. The van der Waals surface area contributed by atoms with Crippen molar-refractivity contribution in [2.24, 2.45) is 4.99 Å². The number of nitro benzene ring substituents is 1. The van der Waals surface area contributed by atoms with E-state index in [1.807, 2.05) is 0 Å². The molecule has 8 heteroatoms. The van der Waals surface area contributed by atoms with Crippen LogP contribution in [0.4, 0.5) is 5.69 Å². The molecule has 1 aliphatic heterocycles. The fraction of sp³-hybridized carbons (Fsp3) is 0.176. The number of nitro groups is 1. The normalized spacial score (nSPS) is 17.7. The molecule has 0 aliphatic carbocycles. The lowest BCUT2D eigenvalue weighted by atomic mass is 10.1. The third kappa shape index (κ3) is 3.20. The molecule has 0 atom stereocenters. The number of hydrogen-bond donors (Lipinski definition) is 0. The predicted octanol–water partition coefficient (Wildman–Crippen LogP) is 3.70. The van der Waals surface area contributed by atoms with Crippen LogP contribution in [0, 0.1) is 17.0 Å². The third-order valence-electron chi connectivity index (χ3n) is 3.79. The van der Waals surface area contributed by atoms with E-state index in [0.717, 1.165) is 0 Å². The second-order valence-electron chi connectivity index (χ2n) is 5.44. The van der Waals surface area contributed by atoms with Crippen LogP contribution in [-0.2, 0) is 4.79 Å². The highest BCUT2D eigenvalue weighted by molar-refractivity contribution is 8.18. The standard InChI is InChI=1S/C17H15N3O4S/c1-10-4-5-11(8-13(10)20(22)23)14-7-6-12(24-14)9-15-16(21)19(3)17(18-2)25-15/h4-9H,1-3H3/b15-9+,18-17?. The first kappa shape index (κ1) is 17.0. The van der Waals surface area contributed by atoms with Crippen molar-refractivity contribution in [1.82, 2.24) is 4.90 Å². The Morgan fingerprint density at radius 2 is 2.08 bits per heavy atom. The number of benzene rings is 1. The fourth-order valence-corrected chi connectivity index (χ4v) is 3.33. The minimum atomic E-state index is -0.417. The van der Waals surface area contributed by atoms with Gasteiger partial charge in [0, 0.05) is 37.4 Å². The number of thioether (sulfide) groups is 1. The van der Waals surface area contributed by atoms with E-state index in [4.69, 9.17) is 4.42 Å². The molecule has 1 aromatic heterocycles. The number of carbonyl (C=O) groups excluding carboxylic acids is 1. The van der Waals surface area contributed by atoms with E-state index in [0.29, 0.717) is 32.7 Å². The zero-order chi connectivity index (χ0) is 18.1. The number of hydrogen-bond acceptors (Lipinski definition) is 6. The third-order valence-corrected chi connectivity index (χ3v) is 4.94. The van der Waals surface area contributed by atoms with Crippen LogP contribution in [-0.4, -0.2) is 35.0 Å². The molecule has 1 aromatic carbocycles. The average Bonchev–Trinajstić information content (AvgIpc) is 3.15. The number of aryl methyl sites for hydroxylation is 1. The first-order chi connectivity index (χ1) is 11.9. The Kier molecular flexibility index (Phi) is 4.45. The quantitative estimate of drug-likeness (QED) is 0.475. The van der Waals surface area contributed by atoms with Crippen molar-refractivity contribution in [3.63, 3.8) is 0 Å². The maximum atomic E-state index is 12.2. The van der Waals surface area contributed by atoms with Gasteiger partial charge in [0.15, 0.2) is 5.17 Å². The van der Waals surface area contributed by atoms with Crippen LogP contribution < -0.4 is 0 Å². The van der Waals surface area contributed by atoms with E-state index >= 15 is 0 Å². The van der Waals surface area contributed by atoms with Gasteiger partial charge in [-0.05, 0) is 30.8 Å². The van der Waals surface area contributed by atoms with Crippen LogP contribution in [0.5, 0.6) is 0 Å². The smallest absolute Gasteiger partial charge is 0.273 e. The number of amides is 1. The van der Waals surface area contributed by atoms with Crippen LogP contribution in [0.15, 0.2) is 44.6 Å². The monoisotopic (exact) mass is 357 g/mol. The van der Waals surface area contributed by atoms with E-state index in [-0.39, 0.29) is 11.6 Å². The molecule has 1 amide bonds. The molecule has 0 unspecified atom stereocenters. The Balaban J connectivity index is 1.91. The van der Waals surface area contributed by atoms with Gasteiger partial charge in [-0.3, -0.25) is 24.8 Å². The van der Waals surface area contributed by atoms with Gasteiger partial charge in [0.25, 0.3) is 11.6 Å². The largest absolute Gasteiger partial charge is 0.457 e. The van der Waals surface area contributed by atoms with E-state index in [1.54, 1.807) is 51.4 Å². The first-order valence-electron chi connectivity index (χ1n) is 7.40. The van der Waals surface area contributed by atoms with Crippen LogP contribution in [0.2, 0.25) is 0 Å². The summed E-state index contributed by atoms with van der Waals surface area (Å²) in [5.74, 6) is 0.859. The molecule has 2 aromatic rings. The molecule has 0 N–H and O–H groups in total. The molecule has 0 spiro atoms. The summed E-state index contributed by atoms with van der Waals surface area (Å²) in [6.07, 6.45) is 1.65. The molecule has 3 rings (SSSR count). The Hall–Kier alpha value is -2.87. The number of nitrogens with zero attached hydrogens (tertiary/aromatic N) is 3. The topological polar surface area (TPSA) is 89.0 Å². The van der Waals surface area contributed by atoms with E-state index < -0.39 is 4.92 Å². The van der Waals surface area contributed by atoms with Crippen LogP contribution in [0.3, 0.4) is 0 Å². The van der Waals surface area contributed by atoms with Gasteiger partial charge in [0.2, 0.25) is 0 Å². The van der Waals surface area contributed by atoms with Gasteiger partial charge in [-0.15, -0.1) is 0 Å². The highest BCUT2D eigenvalue weighted by Gasteiger charge is 2.30. The van der Waals surface area contributed by atoms with Gasteiger partial charge in [0.1, 0.15) is 11.5 Å². The maximum Gasteiger partial charge on any atom is 0.273 e. The van der Waals surface area contributed by atoms with E-state index in [2.05, 4.69) is 4.99 Å². The number of carbonyl (C=O) groups is 1. The molecule has 2 heterocycles. The summed E-state index contributed by atoms with van der Waals surface area (Å²) in [7, 11) is 3.29. The maximum absolute atomic E-state index is 12.2. The van der Waals surface area contributed by atoms with Crippen molar-refractivity contribution >= 4 is 34.6 Å². The Labute approximate surface area is 148 Å². The van der Waals surface area contributed by atoms with Crippen LogP contribution in [0.1, 0.15) is 11.3 Å². The van der Waals surface area contributed by atoms with E-state index in [1.165, 1.54) is 22.7 Å². The van der Waals surface area contributed by atoms with Gasteiger partial charge >= 0.3 is 0 Å². The highest BCUT2D eigenvalue weighted by Crippen LogP contribution is 2.33. The zero-order valence-corrected chi connectivity index (χ0v) is 14.7. The van der Waals surface area contributed by atoms with Crippen molar-refractivity contribution in [1.29, 1.82) is 0 Å². The highest BCUT2D eigenvalue weighted by atomic mass is 32.2. The molecule has 1 saturated heterocycles. The van der Waals surface area contributed by atoms with E-state index in [9.17, 15) is 14.9 Å². The average molecular weight is 357 g/mol. The van der Waals surface area contributed by atoms with Crippen LogP contribution in [0.25, 0.3) is 17.4 Å². The summed E-state index contributed by atoms with van der Waals surface area (Å²) in [6, 6.07) is 8.38. The molecule has 0 bridgehead atoms. The molecule has 0 saturated carbocycles.